The molecule has 0 fully saturated rings. The number of aromatic nitrogens is 2. The zero-order chi connectivity index (χ0) is 29.0. The monoisotopic (exact) mass is 560 g/mol. The molecule has 0 aliphatic rings. The Balaban J connectivity index is 1.29. The van der Waals surface area contributed by atoms with Gasteiger partial charge < -0.3 is 9.13 Å². The molecule has 0 atom stereocenters. The number of fused-ring (bicyclic) bond motifs is 6. The molecule has 0 saturated heterocycles. The van der Waals surface area contributed by atoms with Crippen molar-refractivity contribution in [2.45, 2.75) is 0 Å². The van der Waals surface area contributed by atoms with E-state index >= 15 is 0 Å². The molecule has 9 aromatic rings. The smallest absolute Gasteiger partial charge is 0.0562 e. The third-order valence-corrected chi connectivity index (χ3v) is 8.90. The molecule has 0 N–H and O–H groups in total. The largest absolute Gasteiger partial charge is 0.309 e. The van der Waals surface area contributed by atoms with Gasteiger partial charge in [-0.1, -0.05) is 121 Å². The second-order valence-electron chi connectivity index (χ2n) is 11.4. The molecule has 0 spiro atoms. The van der Waals surface area contributed by atoms with Gasteiger partial charge in [0.15, 0.2) is 0 Å². The SMILES string of the molecule is c1ccc(-c2cccc(-c3cccc(-n4c5ccccc5c5c(-n6c7ccccc7c7ccccc76)cccc54)c3)c2)cc1. The van der Waals surface area contributed by atoms with Crippen molar-refractivity contribution >= 4 is 43.6 Å². The summed E-state index contributed by atoms with van der Waals surface area (Å²) in [6.45, 7) is 0. The highest BCUT2D eigenvalue weighted by molar-refractivity contribution is 6.16. The predicted octanol–water partition coefficient (Wildman–Crippen LogP) is 11.2. The van der Waals surface area contributed by atoms with E-state index in [-0.39, 0.29) is 0 Å². The van der Waals surface area contributed by atoms with Gasteiger partial charge >= 0.3 is 0 Å². The third kappa shape index (κ3) is 3.75. The molecule has 2 aromatic heterocycles. The molecule has 0 saturated carbocycles. The molecule has 0 radical (unpaired) electrons. The van der Waals surface area contributed by atoms with Crippen molar-refractivity contribution in [3.05, 3.63) is 170 Å². The predicted molar refractivity (Wildman–Crippen MR) is 186 cm³/mol. The van der Waals surface area contributed by atoms with Crippen molar-refractivity contribution in [2.75, 3.05) is 0 Å². The molecule has 9 rings (SSSR count). The van der Waals surface area contributed by atoms with Gasteiger partial charge in [0.2, 0.25) is 0 Å². The van der Waals surface area contributed by atoms with Crippen LogP contribution in [0.2, 0.25) is 0 Å². The van der Waals surface area contributed by atoms with E-state index in [0.29, 0.717) is 0 Å². The van der Waals surface area contributed by atoms with Gasteiger partial charge in [-0.05, 0) is 70.8 Å². The fraction of sp³-hybridized carbons (Fsp3) is 0. The van der Waals surface area contributed by atoms with E-state index in [0.717, 1.165) is 5.69 Å². The lowest BCUT2D eigenvalue weighted by Gasteiger charge is -2.13. The van der Waals surface area contributed by atoms with Crippen LogP contribution >= 0.6 is 0 Å². The fourth-order valence-corrected chi connectivity index (χ4v) is 6.98. The highest BCUT2D eigenvalue weighted by Gasteiger charge is 2.19. The van der Waals surface area contributed by atoms with Crippen molar-refractivity contribution < 1.29 is 0 Å². The Kier molecular flexibility index (Phi) is 5.54. The number of para-hydroxylation sites is 3. The van der Waals surface area contributed by atoms with Gasteiger partial charge in [-0.25, -0.2) is 0 Å². The van der Waals surface area contributed by atoms with Crippen LogP contribution in [0.4, 0.5) is 0 Å². The first kappa shape index (κ1) is 24.7. The topological polar surface area (TPSA) is 9.86 Å². The van der Waals surface area contributed by atoms with E-state index in [1.54, 1.807) is 0 Å². The second kappa shape index (κ2) is 9.86. The van der Waals surface area contributed by atoms with E-state index in [2.05, 4.69) is 179 Å². The van der Waals surface area contributed by atoms with E-state index in [9.17, 15) is 0 Å². The molecule has 2 nitrogen and oxygen atoms in total. The zero-order valence-corrected chi connectivity index (χ0v) is 24.1. The Morgan fingerprint density at radius 3 is 1.48 bits per heavy atom. The molecular formula is C42H28N2. The van der Waals surface area contributed by atoms with E-state index < -0.39 is 0 Å². The lowest BCUT2D eigenvalue weighted by molar-refractivity contribution is 1.17. The van der Waals surface area contributed by atoms with Crippen LogP contribution in [-0.4, -0.2) is 9.13 Å². The van der Waals surface area contributed by atoms with Crippen LogP contribution < -0.4 is 0 Å². The normalized spacial score (nSPS) is 11.6. The van der Waals surface area contributed by atoms with Gasteiger partial charge in [-0.2, -0.15) is 0 Å². The summed E-state index contributed by atoms with van der Waals surface area (Å²) in [6.07, 6.45) is 0. The van der Waals surface area contributed by atoms with E-state index in [1.807, 2.05) is 0 Å². The second-order valence-corrected chi connectivity index (χ2v) is 11.4. The van der Waals surface area contributed by atoms with Crippen LogP contribution in [0.1, 0.15) is 0 Å². The van der Waals surface area contributed by atoms with Gasteiger partial charge in [-0.3, -0.25) is 0 Å². The van der Waals surface area contributed by atoms with Crippen LogP contribution in [-0.2, 0) is 0 Å². The summed E-state index contributed by atoms with van der Waals surface area (Å²) in [5.74, 6) is 0. The summed E-state index contributed by atoms with van der Waals surface area (Å²) in [4.78, 5) is 0. The third-order valence-electron chi connectivity index (χ3n) is 8.90. The summed E-state index contributed by atoms with van der Waals surface area (Å²) < 4.78 is 4.86. The first-order valence-electron chi connectivity index (χ1n) is 15.1. The van der Waals surface area contributed by atoms with Gasteiger partial charge in [-0.15, -0.1) is 0 Å². The maximum absolute atomic E-state index is 2.44. The van der Waals surface area contributed by atoms with Crippen LogP contribution in [0.5, 0.6) is 0 Å². The molecule has 0 amide bonds. The summed E-state index contributed by atoms with van der Waals surface area (Å²) in [6, 6.07) is 61.4. The van der Waals surface area contributed by atoms with Gasteiger partial charge in [0.25, 0.3) is 0 Å². The summed E-state index contributed by atoms with van der Waals surface area (Å²) in [5, 5.41) is 5.05. The number of nitrogens with zero attached hydrogens (tertiary/aromatic N) is 2. The molecule has 44 heavy (non-hydrogen) atoms. The maximum Gasteiger partial charge on any atom is 0.0562 e. The molecule has 0 aliphatic carbocycles. The average Bonchev–Trinajstić information content (AvgIpc) is 3.62. The molecule has 2 heteroatoms. The Bertz CT molecular complexity index is 2440. The number of benzene rings is 7. The highest BCUT2D eigenvalue weighted by Crippen LogP contribution is 2.40. The van der Waals surface area contributed by atoms with Crippen LogP contribution in [0.15, 0.2) is 170 Å². The average molecular weight is 561 g/mol. The van der Waals surface area contributed by atoms with Crippen molar-refractivity contribution in [3.8, 4) is 33.6 Å². The Hall–Kier alpha value is -5.86. The molecule has 0 aliphatic heterocycles. The summed E-state index contributed by atoms with van der Waals surface area (Å²) in [5.41, 5.74) is 12.0. The molecule has 206 valence electrons. The number of hydrogen-bond acceptors (Lipinski definition) is 0. The molecule has 0 unspecified atom stereocenters. The number of rotatable bonds is 4. The van der Waals surface area contributed by atoms with Crippen LogP contribution in [0.25, 0.3) is 77.2 Å². The Morgan fingerprint density at radius 2 is 0.773 bits per heavy atom. The summed E-state index contributed by atoms with van der Waals surface area (Å²) >= 11 is 0. The lowest BCUT2D eigenvalue weighted by atomic mass is 9.99. The van der Waals surface area contributed by atoms with Crippen LogP contribution in [0.3, 0.4) is 0 Å². The maximum atomic E-state index is 2.44. The van der Waals surface area contributed by atoms with E-state index in [1.165, 1.54) is 71.6 Å². The van der Waals surface area contributed by atoms with Crippen molar-refractivity contribution in [3.63, 3.8) is 0 Å². The first-order chi connectivity index (χ1) is 21.8. The molecule has 7 aromatic carbocycles. The first-order valence-corrected chi connectivity index (χ1v) is 15.1. The van der Waals surface area contributed by atoms with Crippen molar-refractivity contribution in [2.24, 2.45) is 0 Å². The quantitative estimate of drug-likeness (QED) is 0.203. The Morgan fingerprint density at radius 1 is 0.295 bits per heavy atom. The lowest BCUT2D eigenvalue weighted by Crippen LogP contribution is -1.97. The minimum atomic E-state index is 1.15. The van der Waals surface area contributed by atoms with E-state index in [4.69, 9.17) is 0 Å². The zero-order valence-electron chi connectivity index (χ0n) is 24.1. The van der Waals surface area contributed by atoms with Crippen LogP contribution in [0, 0.1) is 0 Å². The molecule has 2 heterocycles. The van der Waals surface area contributed by atoms with Gasteiger partial charge in [0.1, 0.15) is 0 Å². The summed E-state index contributed by atoms with van der Waals surface area (Å²) in [7, 11) is 0. The minimum Gasteiger partial charge on any atom is -0.309 e. The Labute approximate surface area is 255 Å². The highest BCUT2D eigenvalue weighted by atomic mass is 15.0. The van der Waals surface area contributed by atoms with Crippen molar-refractivity contribution in [1.29, 1.82) is 0 Å². The minimum absolute atomic E-state index is 1.15. The van der Waals surface area contributed by atoms with Gasteiger partial charge in [0.05, 0.1) is 27.8 Å². The number of hydrogen-bond donors (Lipinski definition) is 0. The van der Waals surface area contributed by atoms with Gasteiger partial charge in [0, 0.05) is 27.2 Å². The fourth-order valence-electron chi connectivity index (χ4n) is 6.98. The van der Waals surface area contributed by atoms with Crippen molar-refractivity contribution in [1.82, 2.24) is 9.13 Å². The molecular weight excluding hydrogens is 532 g/mol. The standard InChI is InChI=1S/C42H28N2/c1-2-13-29(14-3-1)30-15-10-16-31(27-30)32-17-11-18-33(28-32)43-39-24-9-6-21-36(39)42-40(43)25-12-26-41(42)44-37-22-7-4-19-34(37)35-20-5-8-23-38(35)44/h1-28H. The molecule has 0 bridgehead atoms.